The molecule has 218 valence electrons. The first-order valence-electron chi connectivity index (χ1n) is 15.0. The molecule has 0 aromatic heterocycles. The predicted octanol–water partition coefficient (Wildman–Crippen LogP) is 3.89. The molecule has 0 spiro atoms. The SMILES string of the molecule is C[C@]12CCC(=O)C=C1CCC1C2=CC[C@@]2(C)C1CC[C@]2(O)C(=O)CN1CCN(C(=O)c2ccccc2C(=O)O)CC1. The van der Waals surface area contributed by atoms with Crippen LogP contribution in [0.1, 0.15) is 79.5 Å². The van der Waals surface area contributed by atoms with E-state index in [0.717, 1.165) is 25.7 Å². The van der Waals surface area contributed by atoms with E-state index in [1.165, 1.54) is 23.3 Å². The van der Waals surface area contributed by atoms with Gasteiger partial charge in [0.25, 0.3) is 5.91 Å². The third-order valence-corrected chi connectivity index (χ3v) is 11.4. The highest BCUT2D eigenvalue weighted by molar-refractivity contribution is 6.04. The highest BCUT2D eigenvalue weighted by Crippen LogP contribution is 2.65. The maximum atomic E-state index is 13.8. The first kappa shape index (κ1) is 28.0. The number of hydrogen-bond donors (Lipinski definition) is 2. The molecule has 41 heavy (non-hydrogen) atoms. The standard InChI is InChI=1S/C33H40N2O6/c1-31-12-9-22(36)19-21(31)7-8-25-26(31)10-13-32(2)27(25)11-14-33(32,41)28(37)20-34-15-17-35(18-16-34)29(38)23-5-3-4-6-24(23)30(39)40/h3-6,10,19,25,27,41H,7-9,11-18,20H2,1-2H3,(H,39,40)/t25?,27?,31-,32-,33-/m0/s1. The van der Waals surface area contributed by atoms with Crippen molar-refractivity contribution in [2.75, 3.05) is 32.7 Å². The average Bonchev–Trinajstić information content (AvgIpc) is 3.25. The number of allylic oxidation sites excluding steroid dienone is 4. The predicted molar refractivity (Wildman–Crippen MR) is 152 cm³/mol. The number of amides is 1. The van der Waals surface area contributed by atoms with Gasteiger partial charge in [0.15, 0.2) is 11.6 Å². The number of nitrogens with zero attached hydrogens (tertiary/aromatic N) is 2. The minimum absolute atomic E-state index is 0.0118. The lowest BCUT2D eigenvalue weighted by Gasteiger charge is -2.54. The number of hydrogen-bond acceptors (Lipinski definition) is 6. The van der Waals surface area contributed by atoms with Gasteiger partial charge in [0.1, 0.15) is 5.60 Å². The van der Waals surface area contributed by atoms with E-state index in [-0.39, 0.29) is 46.5 Å². The maximum Gasteiger partial charge on any atom is 0.336 e. The Morgan fingerprint density at radius 3 is 2.39 bits per heavy atom. The van der Waals surface area contributed by atoms with Gasteiger partial charge in [0.2, 0.25) is 0 Å². The van der Waals surface area contributed by atoms with Gasteiger partial charge in [0.05, 0.1) is 17.7 Å². The summed E-state index contributed by atoms with van der Waals surface area (Å²) in [5.74, 6) is -0.794. The van der Waals surface area contributed by atoms with Crippen molar-refractivity contribution >= 4 is 23.4 Å². The number of carboxylic acids is 1. The molecule has 1 aromatic carbocycles. The van der Waals surface area contributed by atoms with Crippen LogP contribution in [0.5, 0.6) is 0 Å². The molecule has 2 N–H and O–H groups in total. The van der Waals surface area contributed by atoms with Crippen LogP contribution in [0.4, 0.5) is 0 Å². The van der Waals surface area contributed by atoms with Gasteiger partial charge in [-0.05, 0) is 68.6 Å². The van der Waals surface area contributed by atoms with E-state index in [2.05, 4.69) is 19.9 Å². The van der Waals surface area contributed by atoms with Gasteiger partial charge in [0, 0.05) is 43.4 Å². The van der Waals surface area contributed by atoms with Crippen LogP contribution >= 0.6 is 0 Å². The van der Waals surface area contributed by atoms with E-state index >= 15 is 0 Å². The Kier molecular flexibility index (Phi) is 6.85. The maximum absolute atomic E-state index is 13.8. The van der Waals surface area contributed by atoms with Crippen LogP contribution in [0.25, 0.3) is 0 Å². The number of aliphatic hydroxyl groups is 1. The van der Waals surface area contributed by atoms with Crippen LogP contribution in [-0.4, -0.2) is 81.8 Å². The van der Waals surface area contributed by atoms with E-state index < -0.39 is 17.0 Å². The van der Waals surface area contributed by atoms with Crippen LogP contribution in [-0.2, 0) is 9.59 Å². The number of benzene rings is 1. The number of Topliss-reactive ketones (excluding diaryl/α,β-unsaturated/α-hetero) is 1. The smallest absolute Gasteiger partial charge is 0.336 e. The lowest BCUT2D eigenvalue weighted by molar-refractivity contribution is -0.154. The number of carboxylic acid groups (broad SMARTS) is 1. The molecule has 1 aromatic rings. The van der Waals surface area contributed by atoms with Crippen molar-refractivity contribution in [2.45, 2.75) is 64.4 Å². The number of carbonyl (C=O) groups excluding carboxylic acids is 3. The summed E-state index contributed by atoms with van der Waals surface area (Å²) in [6.45, 7) is 6.28. The Hall–Kier alpha value is -3.10. The number of rotatable bonds is 5. The molecular formula is C33H40N2O6. The van der Waals surface area contributed by atoms with Crippen LogP contribution in [0.15, 0.2) is 47.6 Å². The number of carbonyl (C=O) groups is 4. The van der Waals surface area contributed by atoms with Crippen LogP contribution < -0.4 is 0 Å². The molecule has 5 aliphatic rings. The van der Waals surface area contributed by atoms with Gasteiger partial charge in [-0.2, -0.15) is 0 Å². The zero-order valence-corrected chi connectivity index (χ0v) is 24.0. The summed E-state index contributed by atoms with van der Waals surface area (Å²) in [4.78, 5) is 54.2. The van der Waals surface area contributed by atoms with Crippen molar-refractivity contribution in [3.8, 4) is 0 Å². The molecule has 8 heteroatoms. The molecule has 1 heterocycles. The van der Waals surface area contributed by atoms with E-state index in [1.807, 2.05) is 11.0 Å². The summed E-state index contributed by atoms with van der Waals surface area (Å²) in [5, 5.41) is 21.5. The molecule has 4 aliphatic carbocycles. The zero-order chi connectivity index (χ0) is 29.2. The fraction of sp³-hybridized carbons (Fsp3) is 0.576. The highest BCUT2D eigenvalue weighted by Gasteiger charge is 2.64. The molecule has 6 rings (SSSR count). The number of ketones is 2. The van der Waals surface area contributed by atoms with Gasteiger partial charge in [-0.15, -0.1) is 0 Å². The molecule has 5 atom stereocenters. The lowest BCUT2D eigenvalue weighted by atomic mass is 9.50. The van der Waals surface area contributed by atoms with Crippen molar-refractivity contribution in [2.24, 2.45) is 22.7 Å². The van der Waals surface area contributed by atoms with E-state index in [1.54, 1.807) is 17.0 Å². The normalized spacial score (nSPS) is 35.1. The quantitative estimate of drug-likeness (QED) is 0.525. The molecule has 2 saturated carbocycles. The van der Waals surface area contributed by atoms with Crippen molar-refractivity contribution in [3.63, 3.8) is 0 Å². The molecule has 1 amide bonds. The van der Waals surface area contributed by atoms with Crippen molar-refractivity contribution in [1.29, 1.82) is 0 Å². The monoisotopic (exact) mass is 560 g/mol. The van der Waals surface area contributed by atoms with Crippen molar-refractivity contribution in [3.05, 3.63) is 58.7 Å². The number of fused-ring (bicyclic) bond motifs is 5. The van der Waals surface area contributed by atoms with Crippen LogP contribution in [0.2, 0.25) is 0 Å². The van der Waals surface area contributed by atoms with Crippen molar-refractivity contribution in [1.82, 2.24) is 9.80 Å². The van der Waals surface area contributed by atoms with Gasteiger partial charge >= 0.3 is 5.97 Å². The Morgan fingerprint density at radius 1 is 0.976 bits per heavy atom. The van der Waals surface area contributed by atoms with E-state index in [4.69, 9.17) is 0 Å². The summed E-state index contributed by atoms with van der Waals surface area (Å²) < 4.78 is 0. The third kappa shape index (κ3) is 4.33. The van der Waals surface area contributed by atoms with E-state index in [9.17, 15) is 29.4 Å². The fourth-order valence-electron chi connectivity index (χ4n) is 8.80. The van der Waals surface area contributed by atoms with E-state index in [0.29, 0.717) is 51.4 Å². The lowest BCUT2D eigenvalue weighted by Crippen LogP contribution is -2.58. The second-order valence-electron chi connectivity index (χ2n) is 13.2. The largest absolute Gasteiger partial charge is 0.478 e. The first-order valence-corrected chi connectivity index (χ1v) is 15.0. The second kappa shape index (κ2) is 10.0. The van der Waals surface area contributed by atoms with Gasteiger partial charge < -0.3 is 15.1 Å². The number of piperazine rings is 1. The van der Waals surface area contributed by atoms with Gasteiger partial charge in [-0.1, -0.05) is 43.2 Å². The molecule has 1 aliphatic heterocycles. The molecule has 3 fully saturated rings. The minimum Gasteiger partial charge on any atom is -0.478 e. The summed E-state index contributed by atoms with van der Waals surface area (Å²) in [7, 11) is 0. The average molecular weight is 561 g/mol. The van der Waals surface area contributed by atoms with Crippen LogP contribution in [0, 0.1) is 22.7 Å². The third-order valence-electron chi connectivity index (χ3n) is 11.4. The molecule has 1 saturated heterocycles. The Morgan fingerprint density at radius 2 is 1.68 bits per heavy atom. The summed E-state index contributed by atoms with van der Waals surface area (Å²) in [6, 6.07) is 6.24. The summed E-state index contributed by atoms with van der Waals surface area (Å²) >= 11 is 0. The molecule has 8 nitrogen and oxygen atoms in total. The Labute approximate surface area is 241 Å². The van der Waals surface area contributed by atoms with Gasteiger partial charge in [-0.25, -0.2) is 4.79 Å². The second-order valence-corrected chi connectivity index (χ2v) is 13.2. The van der Waals surface area contributed by atoms with Crippen molar-refractivity contribution < 1.29 is 29.4 Å². The summed E-state index contributed by atoms with van der Waals surface area (Å²) in [6.07, 6.45) is 9.42. The molecule has 2 unspecified atom stereocenters. The molecular weight excluding hydrogens is 520 g/mol. The summed E-state index contributed by atoms with van der Waals surface area (Å²) in [5.41, 5.74) is 0.839. The fourth-order valence-corrected chi connectivity index (χ4v) is 8.80. The van der Waals surface area contributed by atoms with Crippen LogP contribution in [0.3, 0.4) is 0 Å². The molecule has 0 radical (unpaired) electrons. The Bertz CT molecular complexity index is 1370. The minimum atomic E-state index is -1.40. The Balaban J connectivity index is 1.13. The molecule has 0 bridgehead atoms. The number of aromatic carboxylic acids is 1. The zero-order valence-electron chi connectivity index (χ0n) is 24.0. The first-order chi connectivity index (χ1) is 19.5. The highest BCUT2D eigenvalue weighted by atomic mass is 16.4. The van der Waals surface area contributed by atoms with Gasteiger partial charge in [-0.3, -0.25) is 19.3 Å². The topological polar surface area (TPSA) is 115 Å².